The van der Waals surface area contributed by atoms with Crippen LogP contribution in [0.3, 0.4) is 0 Å². The molecule has 1 heterocycles. The van der Waals surface area contributed by atoms with Crippen LogP contribution in [0.25, 0.3) is 11.1 Å². The molecule has 2 rings (SSSR count). The Morgan fingerprint density at radius 2 is 1.95 bits per heavy atom. The number of aromatic nitrogens is 2. The normalized spacial score (nSPS) is 13.1. The number of hydrogen-bond acceptors (Lipinski definition) is 2. The summed E-state index contributed by atoms with van der Waals surface area (Å²) in [5.74, 6) is -1.55. The van der Waals surface area contributed by atoms with Crippen molar-refractivity contribution >= 4 is 5.97 Å². The number of carbonyl (C=O) groups is 1. The monoisotopic (exact) mass is 298 g/mol. The number of alkyl halides is 3. The van der Waals surface area contributed by atoms with E-state index < -0.39 is 23.6 Å². The van der Waals surface area contributed by atoms with Crippen LogP contribution in [0.4, 0.5) is 13.2 Å². The maximum absolute atomic E-state index is 12.5. The van der Waals surface area contributed by atoms with Crippen LogP contribution < -0.4 is 0 Å². The molecule has 0 amide bonds. The van der Waals surface area contributed by atoms with E-state index in [0.29, 0.717) is 16.8 Å². The summed E-state index contributed by atoms with van der Waals surface area (Å²) in [4.78, 5) is 10.9. The number of carboxylic acid groups (broad SMARTS) is 1. The van der Waals surface area contributed by atoms with E-state index in [9.17, 15) is 18.0 Å². The molecule has 0 fully saturated rings. The van der Waals surface area contributed by atoms with Crippen molar-refractivity contribution in [3.63, 3.8) is 0 Å². The van der Waals surface area contributed by atoms with Gasteiger partial charge in [-0.25, -0.2) is 0 Å². The van der Waals surface area contributed by atoms with Crippen molar-refractivity contribution in [3.8, 4) is 11.1 Å². The van der Waals surface area contributed by atoms with Crippen LogP contribution in [0.15, 0.2) is 30.5 Å². The van der Waals surface area contributed by atoms with E-state index in [4.69, 9.17) is 5.11 Å². The van der Waals surface area contributed by atoms with Gasteiger partial charge >= 0.3 is 12.1 Å². The van der Waals surface area contributed by atoms with Crippen molar-refractivity contribution in [3.05, 3.63) is 41.7 Å². The predicted molar refractivity (Wildman–Crippen MR) is 69.5 cm³/mol. The average molecular weight is 298 g/mol. The molecular weight excluding hydrogens is 285 g/mol. The molecule has 1 aromatic heterocycles. The quantitative estimate of drug-likeness (QED) is 0.909. The number of nitrogens with one attached hydrogen (secondary N) is 1. The van der Waals surface area contributed by atoms with Gasteiger partial charge in [-0.2, -0.15) is 18.3 Å². The number of aliphatic carboxylic acids is 1. The average Bonchev–Trinajstić information content (AvgIpc) is 2.86. The fourth-order valence-electron chi connectivity index (χ4n) is 1.95. The van der Waals surface area contributed by atoms with Crippen LogP contribution >= 0.6 is 0 Å². The Kier molecular flexibility index (Phi) is 4.02. The number of nitrogens with zero attached hydrogens (tertiary/aromatic N) is 1. The fraction of sp³-hybridized carbons (Fsp3) is 0.286. The molecule has 0 saturated carbocycles. The Balaban J connectivity index is 2.27. The van der Waals surface area contributed by atoms with Gasteiger partial charge in [-0.05, 0) is 17.7 Å². The first-order chi connectivity index (χ1) is 9.79. The number of benzene rings is 1. The zero-order valence-corrected chi connectivity index (χ0v) is 11.1. The molecule has 4 nitrogen and oxygen atoms in total. The lowest BCUT2D eigenvalue weighted by Crippen LogP contribution is -2.13. The molecule has 0 aliphatic heterocycles. The molecule has 0 radical (unpaired) electrons. The number of carboxylic acids is 1. The lowest BCUT2D eigenvalue weighted by molar-refractivity contribution is -0.141. The SMILES string of the molecule is CC(Cc1[nH]ncc1-c1ccc(C(F)(F)F)cc1)C(=O)O. The topological polar surface area (TPSA) is 66.0 Å². The van der Waals surface area contributed by atoms with Crippen LogP contribution in [-0.4, -0.2) is 21.3 Å². The molecule has 0 spiro atoms. The maximum atomic E-state index is 12.5. The van der Waals surface area contributed by atoms with Crippen molar-refractivity contribution in [2.45, 2.75) is 19.5 Å². The Labute approximate surface area is 118 Å². The number of aromatic amines is 1. The van der Waals surface area contributed by atoms with Crippen molar-refractivity contribution in [1.29, 1.82) is 0 Å². The summed E-state index contributed by atoms with van der Waals surface area (Å²) in [7, 11) is 0. The summed E-state index contributed by atoms with van der Waals surface area (Å²) < 4.78 is 37.6. The standard InChI is InChI=1S/C14H13F3N2O2/c1-8(13(20)21)6-12-11(7-18-19-12)9-2-4-10(5-3-9)14(15,16)17/h2-5,7-8H,6H2,1H3,(H,18,19)(H,20,21). The molecule has 0 saturated heterocycles. The second-order valence-electron chi connectivity index (χ2n) is 4.78. The van der Waals surface area contributed by atoms with Crippen molar-refractivity contribution in [2.24, 2.45) is 5.92 Å². The summed E-state index contributed by atoms with van der Waals surface area (Å²) in [6.07, 6.45) is -2.67. The summed E-state index contributed by atoms with van der Waals surface area (Å²) in [6.45, 7) is 1.56. The third kappa shape index (κ3) is 3.42. The highest BCUT2D eigenvalue weighted by atomic mass is 19.4. The summed E-state index contributed by atoms with van der Waals surface area (Å²) in [6, 6.07) is 4.69. The molecule has 1 aromatic carbocycles. The van der Waals surface area contributed by atoms with Gasteiger partial charge in [0.25, 0.3) is 0 Å². The van der Waals surface area contributed by atoms with Crippen molar-refractivity contribution in [2.75, 3.05) is 0 Å². The summed E-state index contributed by atoms with van der Waals surface area (Å²) in [5.41, 5.74) is 1.03. The number of rotatable bonds is 4. The minimum Gasteiger partial charge on any atom is -0.481 e. The van der Waals surface area contributed by atoms with Crippen LogP contribution in [0, 0.1) is 5.92 Å². The highest BCUT2D eigenvalue weighted by Crippen LogP contribution is 2.31. The van der Waals surface area contributed by atoms with Crippen LogP contribution in [0.1, 0.15) is 18.2 Å². The zero-order valence-electron chi connectivity index (χ0n) is 11.1. The molecule has 0 aliphatic rings. The van der Waals surface area contributed by atoms with Gasteiger partial charge in [0, 0.05) is 17.7 Å². The van der Waals surface area contributed by atoms with Crippen molar-refractivity contribution < 1.29 is 23.1 Å². The molecular formula is C14H13F3N2O2. The molecule has 112 valence electrons. The Morgan fingerprint density at radius 1 is 1.33 bits per heavy atom. The number of hydrogen-bond donors (Lipinski definition) is 2. The molecule has 1 atom stereocenters. The van der Waals surface area contributed by atoms with E-state index in [0.717, 1.165) is 12.1 Å². The predicted octanol–water partition coefficient (Wildman–Crippen LogP) is 3.36. The first-order valence-corrected chi connectivity index (χ1v) is 6.21. The van der Waals surface area contributed by atoms with Gasteiger partial charge in [-0.1, -0.05) is 19.1 Å². The van der Waals surface area contributed by atoms with Gasteiger partial charge in [-0.3, -0.25) is 9.89 Å². The van der Waals surface area contributed by atoms with Gasteiger partial charge in [0.2, 0.25) is 0 Å². The highest BCUT2D eigenvalue weighted by molar-refractivity contribution is 5.71. The molecule has 2 N–H and O–H groups in total. The van der Waals surface area contributed by atoms with Gasteiger partial charge in [0.1, 0.15) is 0 Å². The second kappa shape index (κ2) is 5.59. The van der Waals surface area contributed by atoms with Crippen molar-refractivity contribution in [1.82, 2.24) is 10.2 Å². The Bertz CT molecular complexity index is 632. The minimum absolute atomic E-state index is 0.228. The van der Waals surface area contributed by atoms with E-state index >= 15 is 0 Å². The Morgan fingerprint density at radius 3 is 2.48 bits per heavy atom. The van der Waals surface area contributed by atoms with E-state index in [1.807, 2.05) is 0 Å². The van der Waals surface area contributed by atoms with Gasteiger partial charge in [-0.15, -0.1) is 0 Å². The van der Waals surface area contributed by atoms with Gasteiger partial charge in [0.15, 0.2) is 0 Å². The molecule has 1 unspecified atom stereocenters. The van der Waals surface area contributed by atoms with E-state index in [1.165, 1.54) is 18.3 Å². The van der Waals surface area contributed by atoms with Crippen LogP contribution in [-0.2, 0) is 17.4 Å². The fourth-order valence-corrected chi connectivity index (χ4v) is 1.95. The summed E-state index contributed by atoms with van der Waals surface area (Å²) >= 11 is 0. The lowest BCUT2D eigenvalue weighted by Gasteiger charge is -2.09. The number of H-pyrrole nitrogens is 1. The smallest absolute Gasteiger partial charge is 0.416 e. The summed E-state index contributed by atoms with van der Waals surface area (Å²) in [5, 5.41) is 15.5. The highest BCUT2D eigenvalue weighted by Gasteiger charge is 2.30. The molecule has 21 heavy (non-hydrogen) atoms. The van der Waals surface area contributed by atoms with Crippen LogP contribution in [0.5, 0.6) is 0 Å². The van der Waals surface area contributed by atoms with Gasteiger partial charge < -0.3 is 5.11 Å². The molecule has 0 bridgehead atoms. The van der Waals surface area contributed by atoms with E-state index in [1.54, 1.807) is 6.92 Å². The van der Waals surface area contributed by atoms with E-state index in [-0.39, 0.29) is 6.42 Å². The Hall–Kier alpha value is -2.31. The zero-order chi connectivity index (χ0) is 15.6. The first kappa shape index (κ1) is 15.1. The van der Waals surface area contributed by atoms with Gasteiger partial charge in [0.05, 0.1) is 17.7 Å². The van der Waals surface area contributed by atoms with E-state index in [2.05, 4.69) is 10.2 Å². The lowest BCUT2D eigenvalue weighted by atomic mass is 9.98. The molecule has 0 aliphatic carbocycles. The molecule has 2 aromatic rings. The largest absolute Gasteiger partial charge is 0.481 e. The third-order valence-electron chi connectivity index (χ3n) is 3.17. The minimum atomic E-state index is -4.38. The molecule has 7 heteroatoms. The third-order valence-corrected chi connectivity index (χ3v) is 3.17. The maximum Gasteiger partial charge on any atom is 0.416 e. The number of halogens is 3. The second-order valence-corrected chi connectivity index (χ2v) is 4.78. The van der Waals surface area contributed by atoms with Crippen LogP contribution in [0.2, 0.25) is 0 Å². The first-order valence-electron chi connectivity index (χ1n) is 6.21.